The van der Waals surface area contributed by atoms with Crippen molar-refractivity contribution >= 4 is 17.5 Å². The van der Waals surface area contributed by atoms with Crippen LogP contribution in [0.4, 0.5) is 16.2 Å². The van der Waals surface area contributed by atoms with E-state index in [1.165, 1.54) is 18.2 Å². The van der Waals surface area contributed by atoms with Crippen molar-refractivity contribution in [1.82, 2.24) is 0 Å². The molecule has 6 heteroatoms. The van der Waals surface area contributed by atoms with Crippen LogP contribution >= 0.6 is 0 Å². The van der Waals surface area contributed by atoms with Crippen molar-refractivity contribution in [2.75, 3.05) is 11.9 Å². The van der Waals surface area contributed by atoms with Crippen LogP contribution in [0.25, 0.3) is 0 Å². The molecule has 0 unspecified atom stereocenters. The normalized spacial score (nSPS) is 9.90. The predicted octanol–water partition coefficient (Wildman–Crippen LogP) is 3.39. The van der Waals surface area contributed by atoms with Crippen molar-refractivity contribution in [1.29, 1.82) is 0 Å². The van der Waals surface area contributed by atoms with E-state index in [2.05, 4.69) is 5.32 Å². The molecule has 0 bridgehead atoms. The average molecular weight is 286 g/mol. The number of amides is 1. The number of anilines is 1. The molecule has 0 atom stereocenters. The maximum Gasteiger partial charge on any atom is 0.411 e. The number of hydrogen-bond acceptors (Lipinski definition) is 4. The minimum atomic E-state index is -0.708. The van der Waals surface area contributed by atoms with Crippen LogP contribution in [0, 0.1) is 10.1 Å². The summed E-state index contributed by atoms with van der Waals surface area (Å²) in [5, 5.41) is 13.2. The highest BCUT2D eigenvalue weighted by molar-refractivity contribution is 5.87. The summed E-state index contributed by atoms with van der Waals surface area (Å²) in [7, 11) is 0. The van der Waals surface area contributed by atoms with Crippen molar-refractivity contribution in [3.05, 3.63) is 70.3 Å². The standard InChI is InChI=1S/C15H14N2O4/c18-15(21-11-10-12-6-2-1-3-7-12)16-13-8-4-5-9-14(13)17(19)20/h1-9H,10-11H2,(H,16,18). The number of nitrogens with zero attached hydrogens (tertiary/aromatic N) is 1. The zero-order valence-corrected chi connectivity index (χ0v) is 11.2. The Hall–Kier alpha value is -2.89. The lowest BCUT2D eigenvalue weighted by atomic mass is 10.2. The molecule has 2 aromatic carbocycles. The van der Waals surface area contributed by atoms with E-state index in [1.54, 1.807) is 6.07 Å². The maximum absolute atomic E-state index is 11.6. The molecule has 108 valence electrons. The summed E-state index contributed by atoms with van der Waals surface area (Å²) in [4.78, 5) is 21.9. The molecule has 2 rings (SSSR count). The van der Waals surface area contributed by atoms with Gasteiger partial charge >= 0.3 is 6.09 Å². The molecular formula is C15H14N2O4. The third kappa shape index (κ3) is 4.31. The van der Waals surface area contributed by atoms with Gasteiger partial charge in [-0.15, -0.1) is 0 Å². The minimum Gasteiger partial charge on any atom is -0.449 e. The first kappa shape index (κ1) is 14.5. The molecule has 0 saturated heterocycles. The molecule has 0 aliphatic heterocycles. The van der Waals surface area contributed by atoms with Crippen LogP contribution in [0.5, 0.6) is 0 Å². The molecule has 0 heterocycles. The fourth-order valence-electron chi connectivity index (χ4n) is 1.79. The fourth-order valence-corrected chi connectivity index (χ4v) is 1.79. The van der Waals surface area contributed by atoms with Gasteiger partial charge in [-0.05, 0) is 11.6 Å². The lowest BCUT2D eigenvalue weighted by Crippen LogP contribution is -2.16. The number of nitrogens with one attached hydrogen (secondary N) is 1. The molecule has 0 fully saturated rings. The van der Waals surface area contributed by atoms with Gasteiger partial charge in [0.1, 0.15) is 5.69 Å². The van der Waals surface area contributed by atoms with E-state index in [0.717, 1.165) is 5.56 Å². The Balaban J connectivity index is 1.86. The number of para-hydroxylation sites is 2. The third-order valence-corrected chi connectivity index (χ3v) is 2.80. The number of carbonyl (C=O) groups excluding carboxylic acids is 1. The van der Waals surface area contributed by atoms with Crippen molar-refractivity contribution in [3.63, 3.8) is 0 Å². The smallest absolute Gasteiger partial charge is 0.411 e. The lowest BCUT2D eigenvalue weighted by molar-refractivity contribution is -0.383. The average Bonchev–Trinajstić information content (AvgIpc) is 2.48. The van der Waals surface area contributed by atoms with Gasteiger partial charge in [0.05, 0.1) is 11.5 Å². The van der Waals surface area contributed by atoms with Gasteiger partial charge in [0.2, 0.25) is 0 Å². The van der Waals surface area contributed by atoms with Crippen LogP contribution in [0.15, 0.2) is 54.6 Å². The number of benzene rings is 2. The quantitative estimate of drug-likeness (QED) is 0.674. The highest BCUT2D eigenvalue weighted by Crippen LogP contribution is 2.23. The first-order chi connectivity index (χ1) is 10.2. The number of rotatable bonds is 5. The second-order valence-electron chi connectivity index (χ2n) is 4.27. The summed E-state index contributed by atoms with van der Waals surface area (Å²) >= 11 is 0. The van der Waals surface area contributed by atoms with Gasteiger partial charge in [-0.25, -0.2) is 4.79 Å². The summed E-state index contributed by atoms with van der Waals surface area (Å²) in [6.07, 6.45) is -0.120. The van der Waals surface area contributed by atoms with Crippen molar-refractivity contribution in [2.45, 2.75) is 6.42 Å². The van der Waals surface area contributed by atoms with E-state index in [9.17, 15) is 14.9 Å². The molecule has 0 spiro atoms. The number of nitro benzene ring substituents is 1. The van der Waals surface area contributed by atoms with Gasteiger partial charge in [0.25, 0.3) is 5.69 Å². The molecule has 2 aromatic rings. The second kappa shape index (κ2) is 7.04. The van der Waals surface area contributed by atoms with Gasteiger partial charge in [0.15, 0.2) is 0 Å². The van der Waals surface area contributed by atoms with E-state index >= 15 is 0 Å². The molecule has 1 amide bonds. The molecule has 1 N–H and O–H groups in total. The van der Waals surface area contributed by atoms with Gasteiger partial charge < -0.3 is 4.74 Å². The first-order valence-corrected chi connectivity index (χ1v) is 6.38. The van der Waals surface area contributed by atoms with Gasteiger partial charge in [-0.3, -0.25) is 15.4 Å². The highest BCUT2D eigenvalue weighted by Gasteiger charge is 2.15. The minimum absolute atomic E-state index is 0.118. The summed E-state index contributed by atoms with van der Waals surface area (Å²) in [6.45, 7) is 0.205. The molecular weight excluding hydrogens is 272 g/mol. The fraction of sp³-hybridized carbons (Fsp3) is 0.133. The molecule has 0 saturated carbocycles. The zero-order chi connectivity index (χ0) is 15.1. The van der Waals surface area contributed by atoms with E-state index in [1.807, 2.05) is 30.3 Å². The molecule has 21 heavy (non-hydrogen) atoms. The Morgan fingerprint density at radius 3 is 2.48 bits per heavy atom. The molecule has 0 aliphatic carbocycles. The second-order valence-corrected chi connectivity index (χ2v) is 4.27. The van der Waals surface area contributed by atoms with Crippen LogP contribution in [0.1, 0.15) is 5.56 Å². The van der Waals surface area contributed by atoms with Crippen molar-refractivity contribution in [2.24, 2.45) is 0 Å². The molecule has 6 nitrogen and oxygen atoms in total. The van der Waals surface area contributed by atoms with Crippen LogP contribution in [0.2, 0.25) is 0 Å². The lowest BCUT2D eigenvalue weighted by Gasteiger charge is -2.07. The SMILES string of the molecule is O=C(Nc1ccccc1[N+](=O)[O-])OCCc1ccccc1. The monoisotopic (exact) mass is 286 g/mol. The van der Waals surface area contributed by atoms with Gasteiger partial charge in [-0.1, -0.05) is 42.5 Å². The Morgan fingerprint density at radius 1 is 1.10 bits per heavy atom. The summed E-state index contributed by atoms with van der Waals surface area (Å²) in [6, 6.07) is 15.5. The molecule has 0 aromatic heterocycles. The number of carbonyl (C=O) groups is 1. The van der Waals surface area contributed by atoms with E-state index in [4.69, 9.17) is 4.74 Å². The Morgan fingerprint density at radius 2 is 1.76 bits per heavy atom. The largest absolute Gasteiger partial charge is 0.449 e. The van der Waals surface area contributed by atoms with Crippen LogP contribution in [0.3, 0.4) is 0 Å². The van der Waals surface area contributed by atoms with E-state index < -0.39 is 11.0 Å². The molecule has 0 aliphatic rings. The van der Waals surface area contributed by atoms with Gasteiger partial charge in [0, 0.05) is 12.5 Å². The van der Waals surface area contributed by atoms with Crippen LogP contribution < -0.4 is 5.32 Å². The number of nitro groups is 1. The number of ether oxygens (including phenoxy) is 1. The molecule has 0 radical (unpaired) electrons. The highest BCUT2D eigenvalue weighted by atomic mass is 16.6. The van der Waals surface area contributed by atoms with Crippen molar-refractivity contribution in [3.8, 4) is 0 Å². The van der Waals surface area contributed by atoms with E-state index in [-0.39, 0.29) is 18.0 Å². The zero-order valence-electron chi connectivity index (χ0n) is 11.2. The summed E-state index contributed by atoms with van der Waals surface area (Å²) in [5.41, 5.74) is 1.00. The third-order valence-electron chi connectivity index (χ3n) is 2.80. The van der Waals surface area contributed by atoms with Crippen LogP contribution in [-0.4, -0.2) is 17.6 Å². The Kier molecular flexibility index (Phi) is 4.87. The maximum atomic E-state index is 11.6. The predicted molar refractivity (Wildman–Crippen MR) is 78.2 cm³/mol. The van der Waals surface area contributed by atoms with Crippen LogP contribution in [-0.2, 0) is 11.2 Å². The summed E-state index contributed by atoms with van der Waals surface area (Å²) < 4.78 is 5.01. The van der Waals surface area contributed by atoms with E-state index in [0.29, 0.717) is 6.42 Å². The first-order valence-electron chi connectivity index (χ1n) is 6.38. The Labute approximate surface area is 121 Å². The number of hydrogen-bond donors (Lipinski definition) is 1. The van der Waals surface area contributed by atoms with Crippen molar-refractivity contribution < 1.29 is 14.5 Å². The Bertz CT molecular complexity index is 629. The topological polar surface area (TPSA) is 81.5 Å². The summed E-state index contributed by atoms with van der Waals surface area (Å²) in [5.74, 6) is 0. The van der Waals surface area contributed by atoms with Gasteiger partial charge in [-0.2, -0.15) is 0 Å².